The summed E-state index contributed by atoms with van der Waals surface area (Å²) >= 11 is 9.22. The highest BCUT2D eigenvalue weighted by molar-refractivity contribution is 9.10. The molecule has 0 saturated carbocycles. The number of anilines is 1. The second kappa shape index (κ2) is 5.09. The number of hydrogen-bond acceptors (Lipinski definition) is 3. The molecule has 4 nitrogen and oxygen atoms in total. The number of rotatable bonds is 1. The summed E-state index contributed by atoms with van der Waals surface area (Å²) in [6.45, 7) is 0. The number of benzene rings is 2. The van der Waals surface area contributed by atoms with Crippen LogP contribution in [0.25, 0.3) is 0 Å². The predicted octanol–water partition coefficient (Wildman–Crippen LogP) is 3.47. The first kappa shape index (κ1) is 14.0. The molecule has 0 aromatic heterocycles. The maximum absolute atomic E-state index is 12.5. The Balaban J connectivity index is 2.16. The van der Waals surface area contributed by atoms with Crippen molar-refractivity contribution in [3.05, 3.63) is 63.1 Å². The summed E-state index contributed by atoms with van der Waals surface area (Å²) < 4.78 is 0.636. The summed E-state index contributed by atoms with van der Waals surface area (Å²) in [6, 6.07) is 10.9. The van der Waals surface area contributed by atoms with E-state index in [4.69, 9.17) is 11.6 Å². The molecular weight excluding hydrogens is 358 g/mol. The number of halogens is 2. The van der Waals surface area contributed by atoms with Gasteiger partial charge < -0.3 is 0 Å². The SMILES string of the molecule is O=C1C(=O)N(c2ccc(Br)c(Cl)c2)C(=O)c2ccccc21. The molecule has 2 amide bonds. The van der Waals surface area contributed by atoms with Gasteiger partial charge in [-0.1, -0.05) is 29.8 Å². The minimum Gasteiger partial charge on any atom is -0.283 e. The average molecular weight is 365 g/mol. The third-order valence-corrected chi connectivity index (χ3v) is 4.40. The molecule has 6 heteroatoms. The highest BCUT2D eigenvalue weighted by Crippen LogP contribution is 2.31. The Kier molecular flexibility index (Phi) is 3.39. The van der Waals surface area contributed by atoms with Crippen LogP contribution in [0.15, 0.2) is 46.9 Å². The van der Waals surface area contributed by atoms with Crippen molar-refractivity contribution < 1.29 is 14.4 Å². The maximum Gasteiger partial charge on any atom is 0.306 e. The summed E-state index contributed by atoms with van der Waals surface area (Å²) in [5.74, 6) is -2.12. The topological polar surface area (TPSA) is 54.5 Å². The second-order valence-corrected chi connectivity index (χ2v) is 5.68. The molecule has 0 fully saturated rings. The zero-order chi connectivity index (χ0) is 15.1. The van der Waals surface area contributed by atoms with E-state index in [1.807, 2.05) is 0 Å². The van der Waals surface area contributed by atoms with Crippen molar-refractivity contribution in [2.45, 2.75) is 0 Å². The normalized spacial score (nSPS) is 14.4. The van der Waals surface area contributed by atoms with Crippen LogP contribution in [-0.2, 0) is 4.79 Å². The number of Topliss-reactive ketones (excluding diaryl/α,β-unsaturated/α-hetero) is 1. The van der Waals surface area contributed by atoms with E-state index in [1.54, 1.807) is 24.3 Å². The molecule has 0 atom stereocenters. The Morgan fingerprint density at radius 3 is 2.24 bits per heavy atom. The van der Waals surface area contributed by atoms with E-state index in [-0.39, 0.29) is 16.8 Å². The van der Waals surface area contributed by atoms with E-state index >= 15 is 0 Å². The Morgan fingerprint density at radius 1 is 0.905 bits per heavy atom. The Labute approximate surface area is 133 Å². The number of imide groups is 1. The van der Waals surface area contributed by atoms with Crippen molar-refractivity contribution >= 4 is 50.8 Å². The maximum atomic E-state index is 12.5. The van der Waals surface area contributed by atoms with Gasteiger partial charge in [-0.2, -0.15) is 0 Å². The summed E-state index contributed by atoms with van der Waals surface area (Å²) in [4.78, 5) is 37.6. The van der Waals surface area contributed by atoms with Crippen LogP contribution < -0.4 is 4.90 Å². The van der Waals surface area contributed by atoms with Crippen LogP contribution in [0.1, 0.15) is 20.7 Å². The molecule has 21 heavy (non-hydrogen) atoms. The number of carbonyl (C=O) groups is 3. The van der Waals surface area contributed by atoms with Gasteiger partial charge in [-0.15, -0.1) is 0 Å². The number of amides is 2. The molecular formula is C15H7BrClNO3. The molecule has 0 saturated heterocycles. The number of fused-ring (bicyclic) bond motifs is 1. The van der Waals surface area contributed by atoms with E-state index in [2.05, 4.69) is 15.9 Å². The van der Waals surface area contributed by atoms with Gasteiger partial charge in [0.1, 0.15) is 0 Å². The molecule has 0 spiro atoms. The minimum atomic E-state index is -0.878. The van der Waals surface area contributed by atoms with Crippen LogP contribution in [-0.4, -0.2) is 17.6 Å². The summed E-state index contributed by atoms with van der Waals surface area (Å²) in [7, 11) is 0. The van der Waals surface area contributed by atoms with Gasteiger partial charge in [-0.05, 0) is 40.2 Å². The number of nitrogens with zero attached hydrogens (tertiary/aromatic N) is 1. The van der Waals surface area contributed by atoms with Gasteiger partial charge in [0.25, 0.3) is 11.7 Å². The highest BCUT2D eigenvalue weighted by atomic mass is 79.9. The quantitative estimate of drug-likeness (QED) is 0.575. The lowest BCUT2D eigenvalue weighted by molar-refractivity contribution is -0.114. The van der Waals surface area contributed by atoms with Crippen molar-refractivity contribution in [2.75, 3.05) is 4.90 Å². The van der Waals surface area contributed by atoms with Gasteiger partial charge in [0.2, 0.25) is 0 Å². The van der Waals surface area contributed by atoms with Gasteiger partial charge in [-0.3, -0.25) is 14.4 Å². The highest BCUT2D eigenvalue weighted by Gasteiger charge is 2.38. The van der Waals surface area contributed by atoms with E-state index < -0.39 is 17.6 Å². The molecule has 3 rings (SSSR count). The summed E-state index contributed by atoms with van der Waals surface area (Å²) in [6.07, 6.45) is 0. The molecule has 0 unspecified atom stereocenters. The predicted molar refractivity (Wildman–Crippen MR) is 81.7 cm³/mol. The van der Waals surface area contributed by atoms with Crippen molar-refractivity contribution in [1.82, 2.24) is 0 Å². The van der Waals surface area contributed by atoms with E-state index in [0.29, 0.717) is 9.50 Å². The Hall–Kier alpha value is -1.98. The number of ketones is 1. The third kappa shape index (κ3) is 2.18. The molecule has 2 aromatic carbocycles. The molecule has 1 heterocycles. The molecule has 0 aliphatic carbocycles. The first-order chi connectivity index (χ1) is 10.0. The van der Waals surface area contributed by atoms with Crippen LogP contribution in [0.2, 0.25) is 5.02 Å². The molecule has 1 aliphatic rings. The molecule has 0 bridgehead atoms. The monoisotopic (exact) mass is 363 g/mol. The van der Waals surface area contributed by atoms with Crippen LogP contribution in [0, 0.1) is 0 Å². The van der Waals surface area contributed by atoms with Crippen LogP contribution in [0.4, 0.5) is 5.69 Å². The molecule has 1 aliphatic heterocycles. The smallest absolute Gasteiger partial charge is 0.283 e. The third-order valence-electron chi connectivity index (χ3n) is 3.16. The first-order valence-electron chi connectivity index (χ1n) is 5.98. The Bertz CT molecular complexity index is 803. The fraction of sp³-hybridized carbons (Fsp3) is 0. The van der Waals surface area contributed by atoms with Crippen LogP contribution >= 0.6 is 27.5 Å². The van der Waals surface area contributed by atoms with Gasteiger partial charge in [0.15, 0.2) is 0 Å². The lowest BCUT2D eigenvalue weighted by Crippen LogP contribution is -2.46. The van der Waals surface area contributed by atoms with Gasteiger partial charge in [-0.25, -0.2) is 4.90 Å². The standard InChI is InChI=1S/C15H7BrClNO3/c16-11-6-5-8(7-12(11)17)18-14(20)10-4-2-1-3-9(10)13(19)15(18)21/h1-7H. The largest absolute Gasteiger partial charge is 0.306 e. The number of hydrogen-bond donors (Lipinski definition) is 0. The summed E-state index contributed by atoms with van der Waals surface area (Å²) in [5, 5.41) is 0.347. The molecule has 0 N–H and O–H groups in total. The van der Waals surface area contributed by atoms with E-state index in [1.165, 1.54) is 18.2 Å². The fourth-order valence-corrected chi connectivity index (χ4v) is 2.58. The van der Waals surface area contributed by atoms with Gasteiger partial charge in [0, 0.05) is 10.0 Å². The number of carbonyl (C=O) groups excluding carboxylic acids is 3. The minimum absolute atomic E-state index is 0.131. The van der Waals surface area contributed by atoms with Gasteiger partial charge in [0.05, 0.1) is 16.3 Å². The second-order valence-electron chi connectivity index (χ2n) is 4.42. The lowest BCUT2D eigenvalue weighted by atomic mass is 9.97. The van der Waals surface area contributed by atoms with Crippen LogP contribution in [0.5, 0.6) is 0 Å². The van der Waals surface area contributed by atoms with Gasteiger partial charge >= 0.3 is 5.91 Å². The Morgan fingerprint density at radius 2 is 1.57 bits per heavy atom. The zero-order valence-corrected chi connectivity index (χ0v) is 12.8. The van der Waals surface area contributed by atoms with Crippen molar-refractivity contribution in [1.29, 1.82) is 0 Å². The van der Waals surface area contributed by atoms with Crippen molar-refractivity contribution in [3.8, 4) is 0 Å². The van der Waals surface area contributed by atoms with Crippen molar-refractivity contribution in [3.63, 3.8) is 0 Å². The van der Waals surface area contributed by atoms with E-state index in [9.17, 15) is 14.4 Å². The summed E-state index contributed by atoms with van der Waals surface area (Å²) in [5.41, 5.74) is 0.606. The molecule has 2 aromatic rings. The lowest BCUT2D eigenvalue weighted by Gasteiger charge is -2.25. The van der Waals surface area contributed by atoms with E-state index in [0.717, 1.165) is 4.90 Å². The molecule has 0 radical (unpaired) electrons. The molecule has 104 valence electrons. The fourth-order valence-electron chi connectivity index (χ4n) is 2.16. The van der Waals surface area contributed by atoms with Crippen LogP contribution in [0.3, 0.4) is 0 Å². The zero-order valence-electron chi connectivity index (χ0n) is 10.5. The van der Waals surface area contributed by atoms with Crippen molar-refractivity contribution in [2.24, 2.45) is 0 Å². The average Bonchev–Trinajstić information content (AvgIpc) is 2.49. The first-order valence-corrected chi connectivity index (χ1v) is 7.15.